The van der Waals surface area contributed by atoms with Crippen molar-refractivity contribution in [3.05, 3.63) is 212 Å². The molecule has 7 aromatic rings. The van der Waals surface area contributed by atoms with Gasteiger partial charge in [-0.15, -0.1) is 0 Å². The van der Waals surface area contributed by atoms with E-state index in [4.69, 9.17) is 0 Å². The van der Waals surface area contributed by atoms with Gasteiger partial charge < -0.3 is 30.3 Å². The number of benzene rings is 6. The summed E-state index contributed by atoms with van der Waals surface area (Å²) in [6, 6.07) is 77.0. The van der Waals surface area contributed by atoms with Crippen LogP contribution >= 0.6 is 25.5 Å². The zero-order chi connectivity index (χ0) is 31.4. The standard InChI is InChI=1S/2C18H15P.C5H.ClH.Ru/c2*1-4-10-16(11-5-1)19(17-12-6-2-7-13-17)18-14-8-3-9-15-18;1-2-4-5-3-1;;/h2*1-15H;1H;1H;/q;;-5;;+1/p+1. The molecule has 225 valence electrons. The van der Waals surface area contributed by atoms with E-state index in [1.807, 2.05) is 17.3 Å². The van der Waals surface area contributed by atoms with Gasteiger partial charge in [0.15, 0.2) is 0 Å². The zero-order valence-electron chi connectivity index (χ0n) is 24.6. The van der Waals surface area contributed by atoms with E-state index in [0.717, 1.165) is 0 Å². The van der Waals surface area contributed by atoms with Crippen LogP contribution in [0.4, 0.5) is 0 Å². The Morgan fingerprint density at radius 2 is 0.511 bits per heavy atom. The van der Waals surface area contributed by atoms with Crippen molar-refractivity contribution in [2.24, 2.45) is 0 Å². The molecule has 0 aliphatic rings. The Balaban J connectivity index is 0.000000169. The fourth-order valence-corrected chi connectivity index (χ4v) is 9.96. The van der Waals surface area contributed by atoms with Crippen LogP contribution in [0, 0.1) is 24.3 Å². The number of halogens is 1. The van der Waals surface area contributed by atoms with Gasteiger partial charge in [0.25, 0.3) is 0 Å². The van der Waals surface area contributed by atoms with Crippen LogP contribution in [0.2, 0.25) is 0 Å². The summed E-state index contributed by atoms with van der Waals surface area (Å²) in [4.78, 5) is 0. The monoisotopic (exact) mass is 724 g/mol. The van der Waals surface area contributed by atoms with Crippen molar-refractivity contribution in [1.82, 2.24) is 0 Å². The molecule has 0 unspecified atom stereocenters. The molecule has 7 rings (SSSR count). The van der Waals surface area contributed by atoms with Gasteiger partial charge in [0.2, 0.25) is 0 Å². The molecule has 0 nitrogen and oxygen atoms in total. The first-order chi connectivity index (χ1) is 22.4. The van der Waals surface area contributed by atoms with Crippen molar-refractivity contribution in [2.45, 2.75) is 0 Å². The van der Waals surface area contributed by atoms with Crippen LogP contribution in [-0.4, -0.2) is 0 Å². The number of rotatable bonds is 6. The van der Waals surface area contributed by atoms with Gasteiger partial charge in [-0.05, 0) is 72.8 Å². The fourth-order valence-electron chi connectivity index (χ4n) is 4.81. The molecule has 7 aromatic carbocycles. The molecular weight excluding hydrogens is 691 g/mol. The summed E-state index contributed by atoms with van der Waals surface area (Å²) < 4.78 is 0. The van der Waals surface area contributed by atoms with E-state index in [0.29, 0.717) is 0 Å². The smallest absolute Gasteiger partial charge is 0.102 e. The van der Waals surface area contributed by atoms with Gasteiger partial charge in [-0.25, -0.2) is 0 Å². The molecule has 45 heavy (non-hydrogen) atoms. The molecule has 0 atom stereocenters. The van der Waals surface area contributed by atoms with E-state index >= 15 is 0 Å². The van der Waals surface area contributed by atoms with Crippen molar-refractivity contribution in [1.29, 1.82) is 0 Å². The van der Waals surface area contributed by atoms with E-state index in [2.05, 4.69) is 216 Å². The van der Waals surface area contributed by atoms with Gasteiger partial charge in [-0.2, -0.15) is 0 Å². The second kappa shape index (κ2) is 20.5. The van der Waals surface area contributed by atoms with Crippen molar-refractivity contribution < 1.29 is 17.3 Å². The van der Waals surface area contributed by atoms with E-state index in [1.165, 1.54) is 31.8 Å². The van der Waals surface area contributed by atoms with Gasteiger partial charge >= 0.3 is 27.0 Å². The molecule has 0 N–H and O–H groups in total. The normalized spacial score (nSPS) is 9.96. The molecule has 0 spiro atoms. The van der Waals surface area contributed by atoms with Crippen LogP contribution in [0.1, 0.15) is 0 Å². The molecule has 0 heterocycles. The summed E-state index contributed by atoms with van der Waals surface area (Å²) in [5, 5.41) is 8.61. The van der Waals surface area contributed by atoms with Crippen LogP contribution in [-0.2, 0) is 17.3 Å². The Morgan fingerprint density at radius 3 is 0.644 bits per heavy atom. The molecular formula is C41H33ClP2Ru-3. The quantitative estimate of drug-likeness (QED) is 0.0941. The summed E-state index contributed by atoms with van der Waals surface area (Å²) in [6.07, 6.45) is 0. The molecule has 0 radical (unpaired) electrons. The van der Waals surface area contributed by atoms with Crippen LogP contribution in [0.3, 0.4) is 0 Å². The minimum absolute atomic E-state index is 0.877. The maximum absolute atomic E-state index is 4.57. The molecule has 0 saturated heterocycles. The molecule has 0 saturated carbocycles. The van der Waals surface area contributed by atoms with Gasteiger partial charge in [0, 0.05) is 0 Å². The van der Waals surface area contributed by atoms with E-state index in [1.54, 1.807) is 6.07 Å². The molecule has 0 amide bonds. The largest absolute Gasteiger partial charge is 0.999 e. The molecule has 0 fully saturated rings. The summed E-state index contributed by atoms with van der Waals surface area (Å²) in [7, 11) is 2.81. The minimum Gasteiger partial charge on any atom is -0.999 e. The van der Waals surface area contributed by atoms with E-state index < -0.39 is 15.8 Å². The van der Waals surface area contributed by atoms with Gasteiger partial charge in [-0.1, -0.05) is 109 Å². The molecule has 0 aliphatic heterocycles. The summed E-state index contributed by atoms with van der Waals surface area (Å²) in [5.41, 5.74) is 0. The summed E-state index contributed by atoms with van der Waals surface area (Å²) in [6.45, 7) is 0. The third kappa shape index (κ3) is 11.1. The molecule has 0 bridgehead atoms. The van der Waals surface area contributed by atoms with Gasteiger partial charge in [0.1, 0.15) is 31.8 Å². The van der Waals surface area contributed by atoms with E-state index in [9.17, 15) is 0 Å². The first-order valence-electron chi connectivity index (χ1n) is 14.4. The SMILES string of the molecule is [Cl][Ru].[c-]1[c-][c-][cH-][c-]1.c1ccc([PH+](c2ccccc2)c2ccccc2)cc1.c1ccc([PH+](c2ccccc2)c2ccccc2)cc1. The van der Waals surface area contributed by atoms with Crippen LogP contribution < -0.4 is 31.8 Å². The van der Waals surface area contributed by atoms with Crippen molar-refractivity contribution in [3.8, 4) is 0 Å². The number of hydrogen-bond donors (Lipinski definition) is 0. The summed E-state index contributed by atoms with van der Waals surface area (Å²) in [5.74, 6) is 0. The van der Waals surface area contributed by atoms with Gasteiger partial charge in [0.05, 0.1) is 15.8 Å². The predicted octanol–water partition coefficient (Wildman–Crippen LogP) is 7.65. The third-order valence-electron chi connectivity index (χ3n) is 6.73. The van der Waals surface area contributed by atoms with Crippen LogP contribution in [0.15, 0.2) is 188 Å². The predicted molar refractivity (Wildman–Crippen MR) is 196 cm³/mol. The van der Waals surface area contributed by atoms with Crippen LogP contribution in [0.25, 0.3) is 0 Å². The average Bonchev–Trinajstić information content (AvgIpc) is 3.74. The Kier molecular flexibility index (Phi) is 15.6. The van der Waals surface area contributed by atoms with Crippen LogP contribution in [0.5, 0.6) is 0 Å². The first kappa shape index (κ1) is 34.3. The fraction of sp³-hybridized carbons (Fsp3) is 0. The topological polar surface area (TPSA) is 0 Å². The van der Waals surface area contributed by atoms with Crippen molar-refractivity contribution in [3.63, 3.8) is 0 Å². The molecule has 4 heteroatoms. The maximum Gasteiger partial charge on any atom is 0.102 e. The Hall–Kier alpha value is -3.56. The third-order valence-corrected chi connectivity index (χ3v) is 12.2. The van der Waals surface area contributed by atoms with E-state index in [-0.39, 0.29) is 0 Å². The minimum atomic E-state index is -0.877. The second-order valence-corrected chi connectivity index (χ2v) is 14.6. The Bertz CT molecular complexity index is 1360. The summed E-state index contributed by atoms with van der Waals surface area (Å²) >= 11 is 1.82. The Morgan fingerprint density at radius 1 is 0.333 bits per heavy atom. The first-order valence-corrected chi connectivity index (χ1v) is 19.7. The van der Waals surface area contributed by atoms with Gasteiger partial charge in [-0.3, -0.25) is 0 Å². The number of hydrogen-bond acceptors (Lipinski definition) is 0. The average molecular weight is 724 g/mol. The molecule has 0 aromatic heterocycles. The Labute approximate surface area is 285 Å². The van der Waals surface area contributed by atoms with Crippen molar-refractivity contribution >= 4 is 57.4 Å². The maximum atomic E-state index is 4.57. The van der Waals surface area contributed by atoms with Crippen molar-refractivity contribution in [2.75, 3.05) is 0 Å². The zero-order valence-corrected chi connectivity index (χ0v) is 29.1. The molecule has 0 aliphatic carbocycles. The second-order valence-electron chi connectivity index (χ2n) is 9.63.